The van der Waals surface area contributed by atoms with E-state index in [2.05, 4.69) is 0 Å². The van der Waals surface area contributed by atoms with Gasteiger partial charge in [-0.25, -0.2) is 8.42 Å². The quantitative estimate of drug-likeness (QED) is 0.507. The summed E-state index contributed by atoms with van der Waals surface area (Å²) in [5, 5.41) is 8.47. The number of hydrogen-bond acceptors (Lipinski definition) is 4. The van der Waals surface area contributed by atoms with E-state index in [1.165, 1.54) is 0 Å². The summed E-state index contributed by atoms with van der Waals surface area (Å²) in [6.45, 7) is 0. The van der Waals surface area contributed by atoms with Gasteiger partial charge in [-0.1, -0.05) is 0 Å². The Hall–Kier alpha value is -0.620. The molecule has 1 aliphatic heterocycles. The van der Waals surface area contributed by atoms with Gasteiger partial charge in [0.25, 0.3) is 0 Å². The minimum Gasteiger partial charge on any atom is -0.481 e. The van der Waals surface area contributed by atoms with Crippen LogP contribution in [0.3, 0.4) is 0 Å². The molecule has 2 atom stereocenters. The number of hydrogen-bond donors (Lipinski definition) is 2. The molecule has 0 bridgehead atoms. The van der Waals surface area contributed by atoms with Crippen LogP contribution in [-0.2, 0) is 14.6 Å². The van der Waals surface area contributed by atoms with Crippen molar-refractivity contribution in [2.24, 2.45) is 11.7 Å². The second kappa shape index (κ2) is 2.46. The lowest BCUT2D eigenvalue weighted by Crippen LogP contribution is -2.33. The molecular weight excluding hydrogens is 170 g/mol. The lowest BCUT2D eigenvalue weighted by Gasteiger charge is -2.05. The summed E-state index contributed by atoms with van der Waals surface area (Å²) in [5.74, 6) is -2.56. The van der Waals surface area contributed by atoms with E-state index in [9.17, 15) is 13.2 Å². The van der Waals surface area contributed by atoms with Crippen LogP contribution in [0.25, 0.3) is 0 Å². The van der Waals surface area contributed by atoms with Crippen molar-refractivity contribution in [3.8, 4) is 0 Å². The fourth-order valence-electron chi connectivity index (χ4n) is 1.13. The highest BCUT2D eigenvalue weighted by atomic mass is 32.2. The maximum atomic E-state index is 10.8. The average molecular weight is 179 g/mol. The van der Waals surface area contributed by atoms with Gasteiger partial charge in [0.15, 0.2) is 9.84 Å². The molecule has 3 N–H and O–H groups in total. The highest BCUT2D eigenvalue weighted by molar-refractivity contribution is 7.91. The Kier molecular flexibility index (Phi) is 1.89. The zero-order valence-corrected chi connectivity index (χ0v) is 6.54. The lowest BCUT2D eigenvalue weighted by atomic mass is 10.1. The fourth-order valence-corrected chi connectivity index (χ4v) is 3.02. The molecule has 1 heterocycles. The molecule has 0 unspecified atom stereocenters. The lowest BCUT2D eigenvalue weighted by molar-refractivity contribution is -0.141. The summed E-state index contributed by atoms with van der Waals surface area (Å²) >= 11 is 0. The van der Waals surface area contributed by atoms with Crippen molar-refractivity contribution in [2.75, 3.05) is 11.5 Å². The number of carboxylic acids is 1. The van der Waals surface area contributed by atoms with E-state index >= 15 is 0 Å². The van der Waals surface area contributed by atoms with E-state index < -0.39 is 27.8 Å². The summed E-state index contributed by atoms with van der Waals surface area (Å²) in [7, 11) is -3.20. The minimum atomic E-state index is -3.20. The molecule has 0 aliphatic carbocycles. The van der Waals surface area contributed by atoms with Crippen molar-refractivity contribution in [3.63, 3.8) is 0 Å². The van der Waals surface area contributed by atoms with Crippen LogP contribution >= 0.6 is 0 Å². The molecule has 64 valence electrons. The molecule has 5 nitrogen and oxygen atoms in total. The van der Waals surface area contributed by atoms with Gasteiger partial charge in [0.05, 0.1) is 17.4 Å². The number of nitrogens with two attached hydrogens (primary N) is 1. The predicted octanol–water partition coefficient (Wildman–Crippen LogP) is -1.56. The van der Waals surface area contributed by atoms with Gasteiger partial charge in [-0.2, -0.15) is 0 Å². The van der Waals surface area contributed by atoms with Gasteiger partial charge < -0.3 is 10.8 Å². The van der Waals surface area contributed by atoms with Gasteiger partial charge in [0.2, 0.25) is 0 Å². The fraction of sp³-hybridized carbons (Fsp3) is 0.800. The zero-order chi connectivity index (χ0) is 8.65. The van der Waals surface area contributed by atoms with Crippen LogP contribution in [-0.4, -0.2) is 37.0 Å². The third kappa shape index (κ3) is 1.69. The first kappa shape index (κ1) is 8.48. The molecule has 0 saturated carbocycles. The normalized spacial score (nSPS) is 35.4. The van der Waals surface area contributed by atoms with Gasteiger partial charge in [-0.15, -0.1) is 0 Å². The first-order chi connectivity index (χ1) is 4.92. The van der Waals surface area contributed by atoms with E-state index in [0.29, 0.717) is 0 Å². The van der Waals surface area contributed by atoms with Gasteiger partial charge in [0.1, 0.15) is 0 Å². The Morgan fingerprint density at radius 1 is 1.45 bits per heavy atom. The van der Waals surface area contributed by atoms with E-state index in [-0.39, 0.29) is 11.5 Å². The molecule has 0 radical (unpaired) electrons. The van der Waals surface area contributed by atoms with E-state index in [1.54, 1.807) is 0 Å². The van der Waals surface area contributed by atoms with Gasteiger partial charge in [-0.3, -0.25) is 4.79 Å². The summed E-state index contributed by atoms with van der Waals surface area (Å²) < 4.78 is 21.6. The van der Waals surface area contributed by atoms with Crippen molar-refractivity contribution >= 4 is 15.8 Å². The highest BCUT2D eigenvalue weighted by Gasteiger charge is 2.39. The summed E-state index contributed by atoms with van der Waals surface area (Å²) in [4.78, 5) is 10.4. The molecule has 0 amide bonds. The molecule has 0 spiro atoms. The van der Waals surface area contributed by atoms with Crippen LogP contribution in [0.5, 0.6) is 0 Å². The van der Waals surface area contributed by atoms with Crippen LogP contribution in [0.4, 0.5) is 0 Å². The van der Waals surface area contributed by atoms with Crippen molar-refractivity contribution in [1.82, 2.24) is 0 Å². The Balaban J connectivity index is 2.83. The van der Waals surface area contributed by atoms with Crippen molar-refractivity contribution in [2.45, 2.75) is 6.04 Å². The van der Waals surface area contributed by atoms with Crippen LogP contribution in [0.15, 0.2) is 0 Å². The maximum Gasteiger partial charge on any atom is 0.309 e. The van der Waals surface area contributed by atoms with Crippen LogP contribution < -0.4 is 5.73 Å². The zero-order valence-electron chi connectivity index (χ0n) is 5.73. The van der Waals surface area contributed by atoms with E-state index in [0.717, 1.165) is 0 Å². The first-order valence-electron chi connectivity index (χ1n) is 3.11. The number of aliphatic carboxylic acids is 1. The highest BCUT2D eigenvalue weighted by Crippen LogP contribution is 2.17. The third-order valence-corrected chi connectivity index (χ3v) is 3.47. The molecule has 0 aromatic heterocycles. The first-order valence-corrected chi connectivity index (χ1v) is 4.93. The molecule has 6 heteroatoms. The topological polar surface area (TPSA) is 97.5 Å². The monoisotopic (exact) mass is 179 g/mol. The molecule has 11 heavy (non-hydrogen) atoms. The van der Waals surface area contributed by atoms with Crippen molar-refractivity contribution in [3.05, 3.63) is 0 Å². The van der Waals surface area contributed by atoms with E-state index in [4.69, 9.17) is 10.8 Å². The van der Waals surface area contributed by atoms with Crippen molar-refractivity contribution in [1.29, 1.82) is 0 Å². The summed E-state index contributed by atoms with van der Waals surface area (Å²) in [5.41, 5.74) is 5.30. The van der Waals surface area contributed by atoms with Crippen LogP contribution in [0.2, 0.25) is 0 Å². The second-order valence-corrected chi connectivity index (χ2v) is 4.84. The van der Waals surface area contributed by atoms with Crippen LogP contribution in [0.1, 0.15) is 0 Å². The van der Waals surface area contributed by atoms with Gasteiger partial charge in [0, 0.05) is 6.04 Å². The summed E-state index contributed by atoms with van der Waals surface area (Å²) in [6.07, 6.45) is 0. The Labute approximate surface area is 64.1 Å². The summed E-state index contributed by atoms with van der Waals surface area (Å²) in [6, 6.07) is -0.738. The molecular formula is C5H9NO4S. The number of carbonyl (C=O) groups is 1. The Bertz CT molecular complexity index is 270. The number of carboxylic acid groups (broad SMARTS) is 1. The van der Waals surface area contributed by atoms with Crippen LogP contribution in [0, 0.1) is 5.92 Å². The maximum absolute atomic E-state index is 10.8. The number of sulfone groups is 1. The Morgan fingerprint density at radius 2 is 2.00 bits per heavy atom. The molecule has 1 aliphatic rings. The number of rotatable bonds is 1. The van der Waals surface area contributed by atoms with Gasteiger partial charge in [-0.05, 0) is 0 Å². The van der Waals surface area contributed by atoms with E-state index in [1.807, 2.05) is 0 Å². The van der Waals surface area contributed by atoms with Gasteiger partial charge >= 0.3 is 5.97 Å². The molecule has 1 rings (SSSR count). The molecule has 0 aromatic rings. The standard InChI is InChI=1S/C5H9NO4S/c6-4-2-11(9,10)1-3(4)5(7)8/h3-4H,1-2,6H2,(H,7,8)/t3-,4+/m1/s1. The minimum absolute atomic E-state index is 0.204. The average Bonchev–Trinajstić information content (AvgIpc) is 2.05. The SMILES string of the molecule is N[C@H]1CS(=O)(=O)C[C@H]1C(=O)O. The third-order valence-electron chi connectivity index (χ3n) is 1.71. The van der Waals surface area contributed by atoms with Crippen molar-refractivity contribution < 1.29 is 18.3 Å². The molecule has 0 aromatic carbocycles. The largest absolute Gasteiger partial charge is 0.481 e. The predicted molar refractivity (Wildman–Crippen MR) is 37.8 cm³/mol. The smallest absolute Gasteiger partial charge is 0.309 e. The molecule has 1 saturated heterocycles. The Morgan fingerprint density at radius 3 is 2.18 bits per heavy atom. The second-order valence-electron chi connectivity index (χ2n) is 2.69. The molecule has 1 fully saturated rings.